The highest BCUT2D eigenvalue weighted by atomic mass is 16.5. The molecule has 2 saturated heterocycles. The first-order valence-electron chi connectivity index (χ1n) is 11.0. The van der Waals surface area contributed by atoms with Crippen molar-refractivity contribution < 1.29 is 33.4 Å². The standard InChI is InChI=1S/C22H26N4O7/c27-17-5-4-15(20(29)25-17)26-21(30)14-2-1-3-16(19(14)22(26)31)33-12-18(28)24-10-11-32-13-6-8-23-9-7-13/h1-3,13,15,23H,4-12H2,(H,24,28)(H,25,27,29). The molecule has 0 saturated carbocycles. The molecule has 1 unspecified atom stereocenters. The molecule has 3 N–H and O–H groups in total. The Kier molecular flexibility index (Phi) is 6.99. The van der Waals surface area contributed by atoms with Crippen LogP contribution in [0.3, 0.4) is 0 Å². The van der Waals surface area contributed by atoms with Crippen LogP contribution in [0.4, 0.5) is 0 Å². The third-order valence-electron chi connectivity index (χ3n) is 5.85. The second kappa shape index (κ2) is 10.1. The molecule has 11 nitrogen and oxygen atoms in total. The fourth-order valence-corrected chi connectivity index (χ4v) is 4.18. The zero-order valence-electron chi connectivity index (χ0n) is 18.1. The summed E-state index contributed by atoms with van der Waals surface area (Å²) in [5.74, 6) is -2.74. The molecule has 0 aliphatic carbocycles. The van der Waals surface area contributed by atoms with Gasteiger partial charge in [-0.15, -0.1) is 0 Å². The first-order chi connectivity index (χ1) is 16.0. The zero-order chi connectivity index (χ0) is 23.4. The minimum atomic E-state index is -1.06. The van der Waals surface area contributed by atoms with E-state index in [0.717, 1.165) is 30.8 Å². The largest absolute Gasteiger partial charge is 0.483 e. The number of rotatable bonds is 8. The van der Waals surface area contributed by atoms with E-state index >= 15 is 0 Å². The SMILES string of the molecule is O=C(COc1cccc2c1C(=O)N(C1CCC(=O)NC1=O)C2=O)NCCOC1CCNCC1. The normalized spacial score (nSPS) is 21.1. The number of benzene rings is 1. The van der Waals surface area contributed by atoms with Crippen LogP contribution in [0.25, 0.3) is 0 Å². The predicted octanol–water partition coefficient (Wildman–Crippen LogP) is -0.649. The van der Waals surface area contributed by atoms with E-state index < -0.39 is 29.7 Å². The van der Waals surface area contributed by atoms with Crippen LogP contribution >= 0.6 is 0 Å². The second-order valence-electron chi connectivity index (χ2n) is 8.08. The monoisotopic (exact) mass is 458 g/mol. The zero-order valence-corrected chi connectivity index (χ0v) is 18.1. The van der Waals surface area contributed by atoms with E-state index in [9.17, 15) is 24.0 Å². The molecule has 3 heterocycles. The molecule has 33 heavy (non-hydrogen) atoms. The number of hydrogen-bond acceptors (Lipinski definition) is 8. The molecule has 3 aliphatic heterocycles. The molecule has 5 amide bonds. The number of ether oxygens (including phenoxy) is 2. The number of amides is 5. The van der Waals surface area contributed by atoms with Crippen molar-refractivity contribution >= 4 is 29.5 Å². The Morgan fingerprint density at radius 2 is 1.88 bits per heavy atom. The van der Waals surface area contributed by atoms with Crippen molar-refractivity contribution in [2.24, 2.45) is 0 Å². The summed E-state index contributed by atoms with van der Waals surface area (Å²) in [5.41, 5.74) is 0.104. The second-order valence-corrected chi connectivity index (χ2v) is 8.08. The lowest BCUT2D eigenvalue weighted by molar-refractivity contribution is -0.136. The summed E-state index contributed by atoms with van der Waals surface area (Å²) in [6.07, 6.45) is 2.18. The Balaban J connectivity index is 1.32. The maximum atomic E-state index is 13.0. The lowest BCUT2D eigenvalue weighted by atomic mass is 10.0. The third kappa shape index (κ3) is 5.04. The predicted molar refractivity (Wildman–Crippen MR) is 113 cm³/mol. The van der Waals surface area contributed by atoms with Crippen molar-refractivity contribution in [3.8, 4) is 5.75 Å². The van der Waals surface area contributed by atoms with Crippen molar-refractivity contribution in [2.45, 2.75) is 37.8 Å². The highest BCUT2D eigenvalue weighted by Crippen LogP contribution is 2.33. The minimum Gasteiger partial charge on any atom is -0.483 e. The molecule has 1 atom stereocenters. The Hall–Kier alpha value is -3.31. The van der Waals surface area contributed by atoms with Crippen molar-refractivity contribution in [2.75, 3.05) is 32.8 Å². The molecule has 176 valence electrons. The van der Waals surface area contributed by atoms with E-state index in [4.69, 9.17) is 9.47 Å². The summed E-state index contributed by atoms with van der Waals surface area (Å²) in [6, 6.07) is 3.43. The smallest absolute Gasteiger partial charge is 0.266 e. The van der Waals surface area contributed by atoms with Crippen LogP contribution in [0, 0.1) is 0 Å². The van der Waals surface area contributed by atoms with E-state index in [1.165, 1.54) is 18.2 Å². The third-order valence-corrected chi connectivity index (χ3v) is 5.85. The molecule has 0 radical (unpaired) electrons. The molecular weight excluding hydrogens is 432 g/mol. The van der Waals surface area contributed by atoms with Gasteiger partial charge in [0.25, 0.3) is 17.7 Å². The van der Waals surface area contributed by atoms with Crippen LogP contribution in [0.5, 0.6) is 5.75 Å². The average molecular weight is 458 g/mol. The number of nitrogens with zero attached hydrogens (tertiary/aromatic N) is 1. The van der Waals surface area contributed by atoms with Gasteiger partial charge in [-0.3, -0.25) is 34.2 Å². The Morgan fingerprint density at radius 3 is 2.64 bits per heavy atom. The van der Waals surface area contributed by atoms with Crippen LogP contribution < -0.4 is 20.7 Å². The Morgan fingerprint density at radius 1 is 1.09 bits per heavy atom. The molecule has 11 heteroatoms. The molecule has 3 aliphatic rings. The molecule has 1 aromatic rings. The molecule has 0 bridgehead atoms. The first-order valence-corrected chi connectivity index (χ1v) is 11.0. The van der Waals surface area contributed by atoms with Crippen molar-refractivity contribution in [1.82, 2.24) is 20.9 Å². The van der Waals surface area contributed by atoms with Crippen LogP contribution in [0.2, 0.25) is 0 Å². The quantitative estimate of drug-likeness (QED) is 0.345. The van der Waals surface area contributed by atoms with Gasteiger partial charge in [-0.1, -0.05) is 6.07 Å². The maximum Gasteiger partial charge on any atom is 0.266 e. The van der Waals surface area contributed by atoms with Crippen molar-refractivity contribution in [3.63, 3.8) is 0 Å². The van der Waals surface area contributed by atoms with Gasteiger partial charge in [-0.2, -0.15) is 0 Å². The fourth-order valence-electron chi connectivity index (χ4n) is 4.18. The number of carbonyl (C=O) groups is 5. The van der Waals surface area contributed by atoms with E-state index in [1.807, 2.05) is 0 Å². The number of nitrogens with one attached hydrogen (secondary N) is 3. The number of piperidine rings is 2. The van der Waals surface area contributed by atoms with Gasteiger partial charge in [0.1, 0.15) is 11.8 Å². The van der Waals surface area contributed by atoms with Crippen molar-refractivity contribution in [3.05, 3.63) is 29.3 Å². The van der Waals surface area contributed by atoms with Crippen LogP contribution in [0.1, 0.15) is 46.4 Å². The Bertz CT molecular complexity index is 973. The first kappa shape index (κ1) is 22.9. The fraction of sp³-hybridized carbons (Fsp3) is 0.500. The van der Waals surface area contributed by atoms with Gasteiger partial charge in [-0.25, -0.2) is 0 Å². The van der Waals surface area contributed by atoms with Crippen LogP contribution in [0.15, 0.2) is 18.2 Å². The molecular formula is C22H26N4O7. The lowest BCUT2D eigenvalue weighted by Crippen LogP contribution is -2.54. The number of carbonyl (C=O) groups excluding carboxylic acids is 5. The van der Waals surface area contributed by atoms with Gasteiger partial charge in [0, 0.05) is 13.0 Å². The molecule has 0 spiro atoms. The topological polar surface area (TPSA) is 143 Å². The van der Waals surface area contributed by atoms with Gasteiger partial charge in [0.05, 0.1) is 23.8 Å². The van der Waals surface area contributed by atoms with Gasteiger partial charge in [-0.05, 0) is 44.5 Å². The van der Waals surface area contributed by atoms with E-state index in [-0.39, 0.29) is 48.3 Å². The van der Waals surface area contributed by atoms with Crippen LogP contribution in [-0.4, -0.2) is 79.4 Å². The average Bonchev–Trinajstić information content (AvgIpc) is 3.07. The van der Waals surface area contributed by atoms with Gasteiger partial charge in [0.2, 0.25) is 11.8 Å². The summed E-state index contributed by atoms with van der Waals surface area (Å²) < 4.78 is 11.3. The van der Waals surface area contributed by atoms with Gasteiger partial charge >= 0.3 is 0 Å². The maximum absolute atomic E-state index is 13.0. The highest BCUT2D eigenvalue weighted by molar-refractivity contribution is 6.24. The number of hydrogen-bond donors (Lipinski definition) is 3. The summed E-state index contributed by atoms with van der Waals surface area (Å²) >= 11 is 0. The lowest BCUT2D eigenvalue weighted by Gasteiger charge is -2.27. The van der Waals surface area contributed by atoms with Crippen molar-refractivity contribution in [1.29, 1.82) is 0 Å². The Labute approximate surface area is 190 Å². The summed E-state index contributed by atoms with van der Waals surface area (Å²) in [7, 11) is 0. The summed E-state index contributed by atoms with van der Waals surface area (Å²) in [4.78, 5) is 62.4. The molecule has 0 aromatic heterocycles. The van der Waals surface area contributed by atoms with E-state index in [1.54, 1.807) is 0 Å². The van der Waals surface area contributed by atoms with Gasteiger partial charge in [0.15, 0.2) is 6.61 Å². The molecule has 2 fully saturated rings. The minimum absolute atomic E-state index is 0.00856. The molecule has 1 aromatic carbocycles. The van der Waals surface area contributed by atoms with Crippen LogP contribution in [-0.2, 0) is 19.1 Å². The summed E-state index contributed by atoms with van der Waals surface area (Å²) in [5, 5.41) is 8.11. The molecule has 4 rings (SSSR count). The van der Waals surface area contributed by atoms with E-state index in [2.05, 4.69) is 16.0 Å². The number of fused-ring (bicyclic) bond motifs is 1. The summed E-state index contributed by atoms with van der Waals surface area (Å²) in [6.45, 7) is 2.23. The number of imide groups is 2. The highest BCUT2D eigenvalue weighted by Gasteiger charge is 2.46. The van der Waals surface area contributed by atoms with Gasteiger partial charge < -0.3 is 20.1 Å². The van der Waals surface area contributed by atoms with E-state index in [0.29, 0.717) is 13.2 Å².